The maximum absolute atomic E-state index is 3.81. The van der Waals surface area contributed by atoms with Crippen LogP contribution in [0.2, 0.25) is 0 Å². The molecule has 0 spiro atoms. The van der Waals surface area contributed by atoms with Gasteiger partial charge in [0.25, 0.3) is 0 Å². The predicted molar refractivity (Wildman–Crippen MR) is 82.5 cm³/mol. The lowest BCUT2D eigenvalue weighted by Crippen LogP contribution is -2.44. The fourth-order valence-electron chi connectivity index (χ4n) is 3.65. The zero-order valence-corrected chi connectivity index (χ0v) is 13.6. The van der Waals surface area contributed by atoms with E-state index in [0.29, 0.717) is 17.0 Å². The van der Waals surface area contributed by atoms with E-state index in [1.54, 1.807) is 0 Å². The minimum Gasteiger partial charge on any atom is -0.312 e. The van der Waals surface area contributed by atoms with Crippen LogP contribution in [0.25, 0.3) is 0 Å². The normalized spacial score (nSPS) is 29.8. The van der Waals surface area contributed by atoms with Crippen LogP contribution in [0.15, 0.2) is 0 Å². The third kappa shape index (κ3) is 4.17. The summed E-state index contributed by atoms with van der Waals surface area (Å²) in [6.07, 6.45) is 3.97. The van der Waals surface area contributed by atoms with E-state index in [-0.39, 0.29) is 0 Å². The van der Waals surface area contributed by atoms with E-state index in [1.165, 1.54) is 32.4 Å². The van der Waals surface area contributed by atoms with Crippen molar-refractivity contribution in [3.63, 3.8) is 0 Å². The Kier molecular flexibility index (Phi) is 4.59. The second-order valence-corrected chi connectivity index (χ2v) is 8.11. The van der Waals surface area contributed by atoms with Crippen LogP contribution >= 0.6 is 0 Å². The Morgan fingerprint density at radius 2 is 1.89 bits per heavy atom. The van der Waals surface area contributed by atoms with Gasteiger partial charge in [0.05, 0.1) is 0 Å². The van der Waals surface area contributed by atoms with Gasteiger partial charge in [-0.05, 0) is 64.6 Å². The fraction of sp³-hybridized carbons (Fsp3) is 1.00. The van der Waals surface area contributed by atoms with E-state index < -0.39 is 0 Å². The van der Waals surface area contributed by atoms with Crippen LogP contribution in [-0.2, 0) is 0 Å². The third-order valence-corrected chi connectivity index (χ3v) is 5.25. The van der Waals surface area contributed by atoms with Gasteiger partial charge in [0, 0.05) is 24.7 Å². The van der Waals surface area contributed by atoms with E-state index in [1.807, 2.05) is 0 Å². The van der Waals surface area contributed by atoms with Crippen molar-refractivity contribution in [2.45, 2.75) is 58.5 Å². The molecule has 3 heteroatoms. The van der Waals surface area contributed by atoms with E-state index in [4.69, 9.17) is 0 Å². The van der Waals surface area contributed by atoms with Gasteiger partial charge in [-0.25, -0.2) is 0 Å². The van der Waals surface area contributed by atoms with Gasteiger partial charge in [-0.2, -0.15) is 0 Å². The lowest BCUT2D eigenvalue weighted by atomic mass is 9.73. The van der Waals surface area contributed by atoms with Gasteiger partial charge in [-0.1, -0.05) is 13.8 Å². The molecule has 1 atom stereocenters. The molecule has 2 rings (SSSR count). The zero-order chi connectivity index (χ0) is 14.1. The van der Waals surface area contributed by atoms with Crippen molar-refractivity contribution in [1.29, 1.82) is 0 Å². The minimum atomic E-state index is 0.315. The molecule has 2 heterocycles. The number of piperidine rings is 1. The molecule has 0 aliphatic carbocycles. The van der Waals surface area contributed by atoms with Crippen molar-refractivity contribution in [1.82, 2.24) is 15.5 Å². The van der Waals surface area contributed by atoms with Crippen molar-refractivity contribution >= 4 is 0 Å². The average Bonchev–Trinajstić information content (AvgIpc) is 2.67. The van der Waals surface area contributed by atoms with Crippen LogP contribution in [0, 0.1) is 11.3 Å². The minimum absolute atomic E-state index is 0.315. The first kappa shape index (κ1) is 15.3. The molecule has 2 fully saturated rings. The molecule has 112 valence electrons. The topological polar surface area (TPSA) is 27.3 Å². The van der Waals surface area contributed by atoms with Crippen LogP contribution in [0.5, 0.6) is 0 Å². The summed E-state index contributed by atoms with van der Waals surface area (Å²) in [6, 6.07) is 0.653. The summed E-state index contributed by atoms with van der Waals surface area (Å²) in [5, 5.41) is 7.41. The number of hydrogen-bond donors (Lipinski definition) is 2. The second kappa shape index (κ2) is 5.71. The smallest absolute Gasteiger partial charge is 0.0210 e. The Morgan fingerprint density at radius 1 is 1.26 bits per heavy atom. The Bertz CT molecular complexity index is 290. The fourth-order valence-corrected chi connectivity index (χ4v) is 3.65. The molecule has 0 aromatic rings. The van der Waals surface area contributed by atoms with Gasteiger partial charge in [0.1, 0.15) is 0 Å². The van der Waals surface area contributed by atoms with Crippen molar-refractivity contribution in [3.8, 4) is 0 Å². The van der Waals surface area contributed by atoms with Gasteiger partial charge in [-0.3, -0.25) is 0 Å². The Balaban J connectivity index is 1.78. The number of hydrogen-bond acceptors (Lipinski definition) is 3. The quantitative estimate of drug-likeness (QED) is 0.817. The molecule has 0 bridgehead atoms. The lowest BCUT2D eigenvalue weighted by Gasteiger charge is -2.40. The molecule has 2 aliphatic heterocycles. The summed E-state index contributed by atoms with van der Waals surface area (Å²) in [7, 11) is 2.24. The van der Waals surface area contributed by atoms with Crippen LogP contribution in [-0.4, -0.2) is 49.7 Å². The molecule has 0 amide bonds. The van der Waals surface area contributed by atoms with Crippen LogP contribution in [0.1, 0.15) is 47.0 Å². The van der Waals surface area contributed by atoms with Crippen molar-refractivity contribution in [2.75, 3.05) is 33.2 Å². The van der Waals surface area contributed by atoms with Gasteiger partial charge in [-0.15, -0.1) is 0 Å². The second-order valence-electron chi connectivity index (χ2n) is 8.11. The average molecular weight is 267 g/mol. The molecule has 0 radical (unpaired) electrons. The molecule has 2 saturated heterocycles. The Morgan fingerprint density at radius 3 is 2.42 bits per heavy atom. The van der Waals surface area contributed by atoms with Crippen molar-refractivity contribution in [3.05, 3.63) is 0 Å². The van der Waals surface area contributed by atoms with E-state index in [0.717, 1.165) is 19.0 Å². The van der Waals surface area contributed by atoms with Gasteiger partial charge in [0.2, 0.25) is 0 Å². The molecular formula is C16H33N3. The number of rotatable bonds is 4. The van der Waals surface area contributed by atoms with Crippen LogP contribution in [0.4, 0.5) is 0 Å². The largest absolute Gasteiger partial charge is 0.312 e. The summed E-state index contributed by atoms with van der Waals surface area (Å²) < 4.78 is 0. The molecule has 1 unspecified atom stereocenters. The number of likely N-dealkylation sites (tertiary alicyclic amines) is 1. The maximum atomic E-state index is 3.81. The summed E-state index contributed by atoms with van der Waals surface area (Å²) >= 11 is 0. The van der Waals surface area contributed by atoms with Crippen molar-refractivity contribution in [2.24, 2.45) is 11.3 Å². The summed E-state index contributed by atoms with van der Waals surface area (Å²) in [5.74, 6) is 0.874. The summed E-state index contributed by atoms with van der Waals surface area (Å²) in [6.45, 7) is 14.3. The molecule has 2 N–H and O–H groups in total. The third-order valence-electron chi connectivity index (χ3n) is 5.25. The highest BCUT2D eigenvalue weighted by Crippen LogP contribution is 2.34. The molecule has 3 nitrogen and oxygen atoms in total. The Hall–Kier alpha value is -0.120. The van der Waals surface area contributed by atoms with E-state index >= 15 is 0 Å². The maximum Gasteiger partial charge on any atom is 0.0210 e. The first-order valence-corrected chi connectivity index (χ1v) is 7.95. The monoisotopic (exact) mass is 267 g/mol. The SMILES string of the molecule is CN1CCC(C(C)(C)CNC2CNC(C)(C)C2)CC1. The van der Waals surface area contributed by atoms with E-state index in [2.05, 4.69) is 50.3 Å². The highest BCUT2D eigenvalue weighted by molar-refractivity contribution is 4.94. The zero-order valence-electron chi connectivity index (χ0n) is 13.6. The predicted octanol–water partition coefficient (Wildman–Crippen LogP) is 2.08. The highest BCUT2D eigenvalue weighted by Gasteiger charge is 2.34. The number of nitrogens with one attached hydrogen (secondary N) is 2. The summed E-state index contributed by atoms with van der Waals surface area (Å²) in [4.78, 5) is 2.46. The first-order valence-electron chi connectivity index (χ1n) is 7.95. The molecule has 0 aromatic carbocycles. The molecular weight excluding hydrogens is 234 g/mol. The molecule has 2 aliphatic rings. The molecule has 19 heavy (non-hydrogen) atoms. The highest BCUT2D eigenvalue weighted by atomic mass is 15.1. The van der Waals surface area contributed by atoms with Crippen molar-refractivity contribution < 1.29 is 0 Å². The van der Waals surface area contributed by atoms with E-state index in [9.17, 15) is 0 Å². The van der Waals surface area contributed by atoms with Crippen LogP contribution < -0.4 is 10.6 Å². The first-order chi connectivity index (χ1) is 8.78. The van der Waals surface area contributed by atoms with Crippen LogP contribution in [0.3, 0.4) is 0 Å². The van der Waals surface area contributed by atoms with Gasteiger partial charge in [0.15, 0.2) is 0 Å². The summed E-state index contributed by atoms with van der Waals surface area (Å²) in [5.41, 5.74) is 0.739. The molecule has 0 saturated carbocycles. The molecule has 0 aromatic heterocycles. The van der Waals surface area contributed by atoms with Gasteiger partial charge >= 0.3 is 0 Å². The Labute approximate surface area is 119 Å². The standard InChI is InChI=1S/C16H33N3/c1-15(2,13-6-8-19(5)9-7-13)12-17-14-10-16(3,4)18-11-14/h13-14,17-18H,6-12H2,1-5H3. The lowest BCUT2D eigenvalue weighted by molar-refractivity contribution is 0.110. The number of nitrogens with zero attached hydrogens (tertiary/aromatic N) is 1. The van der Waals surface area contributed by atoms with Gasteiger partial charge < -0.3 is 15.5 Å².